The number of nitrogens with one attached hydrogen (secondary N) is 1. The highest BCUT2D eigenvalue weighted by molar-refractivity contribution is 6.62. The minimum absolute atomic E-state index is 0.0403. The van der Waals surface area contributed by atoms with Gasteiger partial charge in [0.05, 0.1) is 23.9 Å². The molecule has 132 valence electrons. The summed E-state index contributed by atoms with van der Waals surface area (Å²) in [5, 5.41) is 19.9. The Bertz CT molecular complexity index is 558. The van der Waals surface area contributed by atoms with Gasteiger partial charge in [-0.05, 0) is 45.3 Å². The molecule has 0 bridgehead atoms. The molecule has 0 aliphatic carbocycles. The van der Waals surface area contributed by atoms with Crippen LogP contribution >= 0.6 is 0 Å². The lowest BCUT2D eigenvalue weighted by Gasteiger charge is -2.32. The highest BCUT2D eigenvalue weighted by Gasteiger charge is 2.51. The summed E-state index contributed by atoms with van der Waals surface area (Å²) in [6.07, 6.45) is -1.20. The van der Waals surface area contributed by atoms with Crippen molar-refractivity contribution in [2.45, 2.75) is 44.9 Å². The molecule has 1 unspecified atom stereocenters. The van der Waals surface area contributed by atoms with Gasteiger partial charge in [0, 0.05) is 0 Å². The highest BCUT2D eigenvalue weighted by Crippen LogP contribution is 2.36. The standard InChI is InChI=1S/C16H24BNO6/c1-15(2)16(3,4)24-17(23-15)11-5-7-13(8-6-11)22-10-12(9-19)18-14(20)21/h5-8,12,18-19H,9-10H2,1-4H3,(H,20,21). The molecular formula is C16H24BNO6. The van der Waals surface area contributed by atoms with Crippen molar-refractivity contribution in [2.24, 2.45) is 0 Å². The third-order valence-corrected chi connectivity index (χ3v) is 4.40. The first kappa shape index (κ1) is 18.6. The normalized spacial score (nSPS) is 19.8. The largest absolute Gasteiger partial charge is 0.494 e. The fourth-order valence-corrected chi connectivity index (χ4v) is 2.21. The Morgan fingerprint density at radius 3 is 2.21 bits per heavy atom. The molecule has 0 spiro atoms. The monoisotopic (exact) mass is 337 g/mol. The summed E-state index contributed by atoms with van der Waals surface area (Å²) in [5.41, 5.74) is 0.0799. The van der Waals surface area contributed by atoms with Crippen LogP contribution in [0, 0.1) is 0 Å². The van der Waals surface area contributed by atoms with Gasteiger partial charge in [0.1, 0.15) is 12.4 Å². The molecule has 1 aliphatic rings. The van der Waals surface area contributed by atoms with Crippen LogP contribution in [0.2, 0.25) is 0 Å². The zero-order valence-corrected chi connectivity index (χ0v) is 14.4. The summed E-state index contributed by atoms with van der Waals surface area (Å²) in [6, 6.07) is 6.53. The molecular weight excluding hydrogens is 313 g/mol. The Morgan fingerprint density at radius 1 is 1.21 bits per heavy atom. The van der Waals surface area contributed by atoms with Crippen molar-refractivity contribution in [2.75, 3.05) is 13.2 Å². The maximum Gasteiger partial charge on any atom is 0.494 e. The van der Waals surface area contributed by atoms with E-state index in [9.17, 15) is 4.79 Å². The average Bonchev–Trinajstić information content (AvgIpc) is 2.72. The molecule has 1 aromatic rings. The smallest absolute Gasteiger partial charge is 0.491 e. The molecule has 24 heavy (non-hydrogen) atoms. The molecule has 1 fully saturated rings. The summed E-state index contributed by atoms with van der Waals surface area (Å²) in [4.78, 5) is 10.6. The molecule has 1 atom stereocenters. The molecule has 0 radical (unpaired) electrons. The van der Waals surface area contributed by atoms with Crippen molar-refractivity contribution >= 4 is 18.7 Å². The first-order chi connectivity index (χ1) is 11.1. The zero-order valence-electron chi connectivity index (χ0n) is 14.4. The molecule has 1 heterocycles. The first-order valence-corrected chi connectivity index (χ1v) is 7.83. The molecule has 2 rings (SSSR count). The molecule has 1 saturated heterocycles. The number of hydrogen-bond acceptors (Lipinski definition) is 5. The summed E-state index contributed by atoms with van der Waals surface area (Å²) >= 11 is 0. The molecule has 0 saturated carbocycles. The van der Waals surface area contributed by atoms with Gasteiger partial charge < -0.3 is 29.6 Å². The number of hydrogen-bond donors (Lipinski definition) is 3. The molecule has 1 aromatic carbocycles. The number of rotatable bonds is 6. The van der Waals surface area contributed by atoms with Gasteiger partial charge >= 0.3 is 13.2 Å². The molecule has 7 nitrogen and oxygen atoms in total. The van der Waals surface area contributed by atoms with E-state index in [1.165, 1.54) is 0 Å². The summed E-state index contributed by atoms with van der Waals surface area (Å²) in [6.45, 7) is 7.69. The molecule has 8 heteroatoms. The van der Waals surface area contributed by atoms with Gasteiger partial charge in [-0.1, -0.05) is 12.1 Å². The molecule has 0 aromatic heterocycles. The molecule has 3 N–H and O–H groups in total. The Labute approximate surface area is 142 Å². The minimum Gasteiger partial charge on any atom is -0.491 e. The van der Waals surface area contributed by atoms with Crippen LogP contribution in [0.1, 0.15) is 27.7 Å². The lowest BCUT2D eigenvalue weighted by atomic mass is 9.79. The Morgan fingerprint density at radius 2 is 1.75 bits per heavy atom. The van der Waals surface area contributed by atoms with Crippen LogP contribution in [0.4, 0.5) is 4.79 Å². The van der Waals surface area contributed by atoms with Gasteiger partial charge in [0.2, 0.25) is 0 Å². The molecule has 1 aliphatic heterocycles. The van der Waals surface area contributed by atoms with E-state index >= 15 is 0 Å². The second-order valence-corrected chi connectivity index (χ2v) is 6.80. The fourth-order valence-electron chi connectivity index (χ4n) is 2.21. The second-order valence-electron chi connectivity index (χ2n) is 6.80. The van der Waals surface area contributed by atoms with Gasteiger partial charge in [0.25, 0.3) is 0 Å². The lowest BCUT2D eigenvalue weighted by molar-refractivity contribution is 0.00578. The Hall–Kier alpha value is -1.77. The van der Waals surface area contributed by atoms with Crippen molar-refractivity contribution in [1.29, 1.82) is 0 Å². The van der Waals surface area contributed by atoms with Crippen LogP contribution in [0.25, 0.3) is 0 Å². The van der Waals surface area contributed by atoms with E-state index < -0.39 is 30.5 Å². The van der Waals surface area contributed by atoms with E-state index in [0.717, 1.165) is 5.46 Å². The van der Waals surface area contributed by atoms with E-state index in [1.807, 2.05) is 39.8 Å². The van der Waals surface area contributed by atoms with E-state index in [-0.39, 0.29) is 13.2 Å². The predicted octanol–water partition coefficient (Wildman–Crippen LogP) is 0.993. The van der Waals surface area contributed by atoms with Crippen molar-refractivity contribution in [3.8, 4) is 5.75 Å². The zero-order chi connectivity index (χ0) is 18.0. The van der Waals surface area contributed by atoms with Gasteiger partial charge in [-0.25, -0.2) is 4.79 Å². The van der Waals surface area contributed by atoms with Crippen LogP contribution in [-0.2, 0) is 9.31 Å². The summed E-state index contributed by atoms with van der Waals surface area (Å²) in [7, 11) is -0.442. The number of carboxylic acid groups (broad SMARTS) is 1. The lowest BCUT2D eigenvalue weighted by Crippen LogP contribution is -2.41. The third kappa shape index (κ3) is 4.20. The Kier molecular flexibility index (Phi) is 5.42. The van der Waals surface area contributed by atoms with E-state index in [1.54, 1.807) is 12.1 Å². The SMILES string of the molecule is CC1(C)OB(c2ccc(OCC(CO)NC(=O)O)cc2)OC1(C)C. The van der Waals surface area contributed by atoms with Crippen molar-refractivity contribution in [3.63, 3.8) is 0 Å². The number of ether oxygens (including phenoxy) is 1. The van der Waals surface area contributed by atoms with Crippen molar-refractivity contribution < 1.29 is 29.1 Å². The van der Waals surface area contributed by atoms with Crippen molar-refractivity contribution in [3.05, 3.63) is 24.3 Å². The maximum atomic E-state index is 10.6. The second kappa shape index (κ2) is 7.00. The van der Waals surface area contributed by atoms with Crippen LogP contribution in [0.5, 0.6) is 5.75 Å². The minimum atomic E-state index is -1.20. The fraction of sp³-hybridized carbons (Fsp3) is 0.562. The first-order valence-electron chi connectivity index (χ1n) is 7.83. The van der Waals surface area contributed by atoms with Crippen molar-refractivity contribution in [1.82, 2.24) is 5.32 Å². The van der Waals surface area contributed by atoms with Crippen LogP contribution < -0.4 is 15.5 Å². The van der Waals surface area contributed by atoms with Crippen LogP contribution in [0.15, 0.2) is 24.3 Å². The van der Waals surface area contributed by atoms with Gasteiger partial charge in [-0.3, -0.25) is 0 Å². The van der Waals surface area contributed by atoms with E-state index in [4.69, 9.17) is 24.3 Å². The average molecular weight is 337 g/mol. The maximum absolute atomic E-state index is 10.6. The van der Waals surface area contributed by atoms with Crippen LogP contribution in [0.3, 0.4) is 0 Å². The number of benzene rings is 1. The summed E-state index contributed by atoms with van der Waals surface area (Å²) in [5.74, 6) is 0.570. The quantitative estimate of drug-likeness (QED) is 0.670. The number of aliphatic hydroxyl groups is 1. The topological polar surface area (TPSA) is 97.2 Å². The highest BCUT2D eigenvalue weighted by atomic mass is 16.7. The van der Waals surface area contributed by atoms with E-state index in [2.05, 4.69) is 5.32 Å². The Balaban J connectivity index is 1.95. The number of carbonyl (C=O) groups is 1. The third-order valence-electron chi connectivity index (χ3n) is 4.40. The van der Waals surface area contributed by atoms with Crippen LogP contribution in [-0.4, -0.2) is 53.9 Å². The summed E-state index contributed by atoms with van der Waals surface area (Å²) < 4.78 is 17.4. The number of aliphatic hydroxyl groups excluding tert-OH is 1. The van der Waals surface area contributed by atoms with Gasteiger partial charge in [0.15, 0.2) is 0 Å². The van der Waals surface area contributed by atoms with E-state index in [0.29, 0.717) is 5.75 Å². The molecule has 1 amide bonds. The number of amides is 1. The predicted molar refractivity (Wildman–Crippen MR) is 89.7 cm³/mol. The van der Waals surface area contributed by atoms with Gasteiger partial charge in [-0.2, -0.15) is 0 Å². The van der Waals surface area contributed by atoms with Gasteiger partial charge in [-0.15, -0.1) is 0 Å².